The predicted octanol–water partition coefficient (Wildman–Crippen LogP) is 4.43. The monoisotopic (exact) mass is 231 g/mol. The van der Waals surface area contributed by atoms with Crippen LogP contribution in [0.25, 0.3) is 0 Å². The van der Waals surface area contributed by atoms with Gasteiger partial charge in [-0.3, -0.25) is 4.98 Å². The Morgan fingerprint density at radius 1 is 1.38 bits per heavy atom. The van der Waals surface area contributed by atoms with E-state index in [0.717, 1.165) is 5.92 Å². The van der Waals surface area contributed by atoms with Crippen molar-refractivity contribution < 1.29 is 0 Å². The first kappa shape index (κ1) is 11.5. The van der Waals surface area contributed by atoms with Gasteiger partial charge in [0.15, 0.2) is 0 Å². The number of pyridine rings is 1. The van der Waals surface area contributed by atoms with Crippen molar-refractivity contribution in [2.75, 3.05) is 0 Å². The van der Waals surface area contributed by atoms with Gasteiger partial charge in [0.25, 0.3) is 0 Å². The van der Waals surface area contributed by atoms with E-state index in [9.17, 15) is 0 Å². The molecular formula is C14H17NS. The Labute approximate surface area is 102 Å². The first-order valence-electron chi connectivity index (χ1n) is 5.84. The minimum absolute atomic E-state index is 0.735. The van der Waals surface area contributed by atoms with Gasteiger partial charge in [0, 0.05) is 22.2 Å². The number of hydrogen-bond acceptors (Lipinski definition) is 2. The molecule has 0 N–H and O–H groups in total. The summed E-state index contributed by atoms with van der Waals surface area (Å²) in [4.78, 5) is 6.67. The smallest absolute Gasteiger partial charge is 0.0279 e. The van der Waals surface area contributed by atoms with Gasteiger partial charge in [0.2, 0.25) is 0 Å². The van der Waals surface area contributed by atoms with Gasteiger partial charge in [-0.25, -0.2) is 0 Å². The fraction of sp³-hybridized carbons (Fsp3) is 0.357. The van der Waals surface area contributed by atoms with Gasteiger partial charge in [-0.1, -0.05) is 43.3 Å². The molecule has 1 aromatic heterocycles. The first-order chi connectivity index (χ1) is 7.88. The topological polar surface area (TPSA) is 12.9 Å². The Kier molecular flexibility index (Phi) is 4.23. The summed E-state index contributed by atoms with van der Waals surface area (Å²) >= 11 is 1.83. The molecule has 16 heavy (non-hydrogen) atoms. The molecule has 0 saturated carbocycles. The standard InChI is InChI=1S/C14H17NS/c1-2-4-12-5-3-6-14(11-12)16-13-7-9-15-10-8-13/h3,6-12H,2,4-5H2,1H3. The average Bonchev–Trinajstić information content (AvgIpc) is 2.31. The van der Waals surface area contributed by atoms with Gasteiger partial charge < -0.3 is 0 Å². The van der Waals surface area contributed by atoms with E-state index in [-0.39, 0.29) is 0 Å². The highest BCUT2D eigenvalue weighted by Crippen LogP contribution is 2.32. The van der Waals surface area contributed by atoms with Crippen LogP contribution >= 0.6 is 11.8 Å². The van der Waals surface area contributed by atoms with Crippen molar-refractivity contribution in [3.05, 3.63) is 47.7 Å². The largest absolute Gasteiger partial charge is 0.265 e. The average molecular weight is 231 g/mol. The van der Waals surface area contributed by atoms with E-state index >= 15 is 0 Å². The predicted molar refractivity (Wildman–Crippen MR) is 70.3 cm³/mol. The summed E-state index contributed by atoms with van der Waals surface area (Å²) in [5.74, 6) is 0.735. The number of thioether (sulfide) groups is 1. The lowest BCUT2D eigenvalue weighted by atomic mass is 9.96. The van der Waals surface area contributed by atoms with Crippen molar-refractivity contribution in [1.29, 1.82) is 0 Å². The molecule has 0 amide bonds. The number of allylic oxidation sites excluding steroid dienone is 3. The maximum atomic E-state index is 4.03. The lowest BCUT2D eigenvalue weighted by molar-refractivity contribution is 0.583. The molecule has 1 aliphatic rings. The lowest BCUT2D eigenvalue weighted by Crippen LogP contribution is -1.98. The van der Waals surface area contributed by atoms with Crippen molar-refractivity contribution in [3.8, 4) is 0 Å². The molecular weight excluding hydrogens is 214 g/mol. The molecule has 0 aromatic carbocycles. The van der Waals surface area contributed by atoms with E-state index in [4.69, 9.17) is 0 Å². The van der Waals surface area contributed by atoms with Crippen LogP contribution in [-0.4, -0.2) is 4.98 Å². The van der Waals surface area contributed by atoms with Gasteiger partial charge in [0.05, 0.1) is 0 Å². The molecule has 84 valence electrons. The Hall–Kier alpha value is -1.02. The third kappa shape index (κ3) is 3.24. The molecule has 0 radical (unpaired) electrons. The van der Waals surface area contributed by atoms with Gasteiger partial charge in [0.1, 0.15) is 0 Å². The first-order valence-corrected chi connectivity index (χ1v) is 6.66. The Morgan fingerprint density at radius 2 is 2.19 bits per heavy atom. The van der Waals surface area contributed by atoms with E-state index in [0.29, 0.717) is 0 Å². The summed E-state index contributed by atoms with van der Waals surface area (Å²) in [6, 6.07) is 4.12. The molecule has 1 aliphatic carbocycles. The third-order valence-electron chi connectivity index (χ3n) is 2.67. The van der Waals surface area contributed by atoms with Crippen LogP contribution in [0.4, 0.5) is 0 Å². The van der Waals surface area contributed by atoms with Crippen LogP contribution in [0.15, 0.2) is 52.6 Å². The maximum absolute atomic E-state index is 4.03. The van der Waals surface area contributed by atoms with E-state index < -0.39 is 0 Å². The van der Waals surface area contributed by atoms with Crippen LogP contribution in [0.5, 0.6) is 0 Å². The summed E-state index contributed by atoms with van der Waals surface area (Å²) in [5.41, 5.74) is 0. The molecule has 2 rings (SSSR count). The van der Waals surface area contributed by atoms with E-state index in [1.54, 1.807) is 0 Å². The van der Waals surface area contributed by atoms with Crippen LogP contribution < -0.4 is 0 Å². The summed E-state index contributed by atoms with van der Waals surface area (Å²) in [6.45, 7) is 2.25. The Bertz CT molecular complexity index is 381. The minimum Gasteiger partial charge on any atom is -0.265 e. The molecule has 0 fully saturated rings. The quantitative estimate of drug-likeness (QED) is 0.760. The van der Waals surface area contributed by atoms with Gasteiger partial charge in [-0.15, -0.1) is 0 Å². The molecule has 1 aromatic rings. The van der Waals surface area contributed by atoms with Crippen molar-refractivity contribution in [3.63, 3.8) is 0 Å². The zero-order valence-electron chi connectivity index (χ0n) is 9.60. The summed E-state index contributed by atoms with van der Waals surface area (Å²) < 4.78 is 0. The highest BCUT2D eigenvalue weighted by atomic mass is 32.2. The fourth-order valence-electron chi connectivity index (χ4n) is 1.90. The van der Waals surface area contributed by atoms with E-state index in [2.05, 4.69) is 42.3 Å². The van der Waals surface area contributed by atoms with Crippen LogP contribution in [0, 0.1) is 5.92 Å². The van der Waals surface area contributed by atoms with Gasteiger partial charge in [-0.05, 0) is 30.9 Å². The fourth-order valence-corrected chi connectivity index (χ4v) is 2.85. The molecule has 1 nitrogen and oxygen atoms in total. The van der Waals surface area contributed by atoms with Crippen LogP contribution in [0.1, 0.15) is 26.2 Å². The molecule has 0 bridgehead atoms. The Morgan fingerprint density at radius 3 is 2.94 bits per heavy atom. The maximum Gasteiger partial charge on any atom is 0.0279 e. The zero-order valence-corrected chi connectivity index (χ0v) is 10.4. The van der Waals surface area contributed by atoms with Gasteiger partial charge in [-0.2, -0.15) is 0 Å². The summed E-state index contributed by atoms with van der Waals surface area (Å²) in [7, 11) is 0. The molecule has 2 heteroatoms. The zero-order chi connectivity index (χ0) is 11.2. The van der Waals surface area contributed by atoms with Crippen LogP contribution in [0.2, 0.25) is 0 Å². The second-order valence-corrected chi connectivity index (χ2v) is 5.19. The number of rotatable bonds is 4. The van der Waals surface area contributed by atoms with Crippen molar-refractivity contribution in [1.82, 2.24) is 4.98 Å². The normalized spacial score (nSPS) is 19.6. The molecule has 1 heterocycles. The highest BCUT2D eigenvalue weighted by Gasteiger charge is 2.09. The second kappa shape index (κ2) is 5.90. The minimum atomic E-state index is 0.735. The number of hydrogen-bond donors (Lipinski definition) is 0. The third-order valence-corrected chi connectivity index (χ3v) is 3.68. The van der Waals surface area contributed by atoms with Gasteiger partial charge >= 0.3 is 0 Å². The van der Waals surface area contributed by atoms with Crippen LogP contribution in [0.3, 0.4) is 0 Å². The SMILES string of the molecule is CCCC1C=C(Sc2ccncc2)C=CC1. The van der Waals surface area contributed by atoms with Crippen molar-refractivity contribution in [2.24, 2.45) is 5.92 Å². The molecule has 1 unspecified atom stereocenters. The van der Waals surface area contributed by atoms with Crippen LogP contribution in [-0.2, 0) is 0 Å². The second-order valence-electron chi connectivity index (χ2n) is 4.04. The highest BCUT2D eigenvalue weighted by molar-refractivity contribution is 8.03. The lowest BCUT2D eigenvalue weighted by Gasteiger charge is -2.15. The number of aromatic nitrogens is 1. The van der Waals surface area contributed by atoms with Crippen molar-refractivity contribution >= 4 is 11.8 Å². The number of nitrogens with zero attached hydrogens (tertiary/aromatic N) is 1. The Balaban J connectivity index is 2.01. The summed E-state index contributed by atoms with van der Waals surface area (Å²) in [5, 5.41) is 0. The molecule has 0 saturated heterocycles. The van der Waals surface area contributed by atoms with Crippen molar-refractivity contribution in [2.45, 2.75) is 31.1 Å². The molecule has 1 atom stereocenters. The van der Waals surface area contributed by atoms with E-state index in [1.165, 1.54) is 29.1 Å². The van der Waals surface area contributed by atoms with E-state index in [1.807, 2.05) is 24.2 Å². The summed E-state index contributed by atoms with van der Waals surface area (Å²) in [6.07, 6.45) is 14.4. The molecule has 0 aliphatic heterocycles. The molecule has 0 spiro atoms.